The zero-order valence-corrected chi connectivity index (χ0v) is 14.6. The third-order valence-electron chi connectivity index (χ3n) is 3.38. The Bertz CT molecular complexity index is 613. The molecule has 0 atom stereocenters. The molecule has 0 fully saturated rings. The Balaban J connectivity index is 0.00000242. The topological polar surface area (TPSA) is 46.7 Å². The first-order valence-corrected chi connectivity index (χ1v) is 8.28. The summed E-state index contributed by atoms with van der Waals surface area (Å²) in [6.07, 6.45) is 3.03. The molecule has 1 aromatic carbocycles. The molecule has 0 spiro atoms. The quantitative estimate of drug-likeness (QED) is 0.589. The summed E-state index contributed by atoms with van der Waals surface area (Å²) in [5, 5.41) is 12.5. The van der Waals surface area contributed by atoms with Crippen LogP contribution in [0, 0.1) is 0 Å². The van der Waals surface area contributed by atoms with Crippen LogP contribution < -0.4 is 17.3 Å². The summed E-state index contributed by atoms with van der Waals surface area (Å²) in [5.74, 6) is 0.340. The number of hydrogen-bond donors (Lipinski definition) is 2. The lowest BCUT2D eigenvalue weighted by atomic mass is 10.2. The number of halogens is 1. The van der Waals surface area contributed by atoms with Gasteiger partial charge in [0.05, 0.1) is 25.7 Å². The van der Waals surface area contributed by atoms with Crippen LogP contribution >= 0.6 is 11.8 Å². The van der Waals surface area contributed by atoms with Crippen molar-refractivity contribution in [3.8, 4) is 0 Å². The number of benzene rings is 1. The first-order chi connectivity index (χ1) is 10.1. The first kappa shape index (κ1) is 18.9. The number of nitrogens with one attached hydrogen (secondary N) is 1. The molecule has 0 radical (unpaired) electrons. The highest BCUT2D eigenvalue weighted by Gasteiger charge is 2.10. The highest BCUT2D eigenvalue weighted by molar-refractivity contribution is 7.99. The maximum Gasteiger partial charge on any atom is 0.303 e. The Morgan fingerprint density at radius 3 is 2.73 bits per heavy atom. The molecule has 22 heavy (non-hydrogen) atoms. The Hall–Kier alpha value is -1.17. The van der Waals surface area contributed by atoms with Crippen LogP contribution in [0.2, 0.25) is 0 Å². The summed E-state index contributed by atoms with van der Waals surface area (Å²) in [6, 6.07) is 8.37. The van der Waals surface area contributed by atoms with E-state index in [4.69, 9.17) is 5.11 Å². The number of aryl methyl sites for hydroxylation is 1. The Morgan fingerprint density at radius 2 is 2.05 bits per heavy atom. The highest BCUT2D eigenvalue weighted by Crippen LogP contribution is 2.30. The van der Waals surface area contributed by atoms with Gasteiger partial charge in [0.2, 0.25) is 0 Å². The van der Waals surface area contributed by atoms with Crippen LogP contribution in [0.4, 0.5) is 0 Å². The number of quaternary nitrogens is 1. The average Bonchev–Trinajstić information content (AvgIpc) is 2.76. The van der Waals surface area contributed by atoms with E-state index in [0.717, 1.165) is 18.8 Å². The number of aliphatic carboxylic acids is 1. The Kier molecular flexibility index (Phi) is 7.79. The lowest BCUT2D eigenvalue weighted by Gasteiger charge is -2.10. The van der Waals surface area contributed by atoms with Crippen molar-refractivity contribution < 1.29 is 27.2 Å². The zero-order chi connectivity index (χ0) is 15.2. The summed E-state index contributed by atoms with van der Waals surface area (Å²) < 4.78 is 2.21. The van der Waals surface area contributed by atoms with E-state index < -0.39 is 5.97 Å². The fourth-order valence-corrected chi connectivity index (χ4v) is 3.62. The minimum Gasteiger partial charge on any atom is -1.00 e. The number of carboxylic acids is 1. The largest absolute Gasteiger partial charge is 1.00 e. The lowest BCUT2D eigenvalue weighted by Crippen LogP contribution is -3.06. The van der Waals surface area contributed by atoms with Crippen molar-refractivity contribution in [3.63, 3.8) is 0 Å². The van der Waals surface area contributed by atoms with E-state index in [1.165, 1.54) is 20.7 Å². The number of nitrogens with zero attached hydrogens (tertiary/aromatic N) is 1. The van der Waals surface area contributed by atoms with Crippen molar-refractivity contribution >= 4 is 28.5 Å². The van der Waals surface area contributed by atoms with Crippen molar-refractivity contribution in [2.45, 2.75) is 24.4 Å². The van der Waals surface area contributed by atoms with E-state index in [2.05, 4.69) is 43.1 Å². The SMILES string of the molecule is C[NH+](C)CCSc1c2ccccc2cn1CCCC(=O)O.[Cl-]. The third kappa shape index (κ3) is 5.23. The summed E-state index contributed by atoms with van der Waals surface area (Å²) in [6.45, 7) is 1.87. The number of aromatic nitrogens is 1. The summed E-state index contributed by atoms with van der Waals surface area (Å²) >= 11 is 1.87. The molecule has 0 unspecified atom stereocenters. The van der Waals surface area contributed by atoms with Gasteiger partial charge in [-0.25, -0.2) is 0 Å². The summed E-state index contributed by atoms with van der Waals surface area (Å²) in [7, 11) is 4.31. The predicted molar refractivity (Wildman–Crippen MR) is 87.2 cm³/mol. The molecule has 4 nitrogen and oxygen atoms in total. The van der Waals surface area contributed by atoms with Crippen LogP contribution in [0.25, 0.3) is 10.8 Å². The second-order valence-electron chi connectivity index (χ2n) is 5.52. The number of carbonyl (C=O) groups is 1. The van der Waals surface area contributed by atoms with Crippen LogP contribution in [0.3, 0.4) is 0 Å². The van der Waals surface area contributed by atoms with E-state index >= 15 is 0 Å². The van der Waals surface area contributed by atoms with Gasteiger partial charge in [-0.1, -0.05) is 24.3 Å². The molecule has 2 N–H and O–H groups in total. The van der Waals surface area contributed by atoms with Crippen LogP contribution in [0.1, 0.15) is 12.8 Å². The molecule has 0 amide bonds. The standard InChI is InChI=1S/C16H22N2O2S.ClH/c1-17(2)10-11-21-16-14-7-4-3-6-13(14)12-18(16)9-5-8-15(19)20;/h3-4,6-7,12H,5,8-11H2,1-2H3,(H,19,20);1H. The van der Waals surface area contributed by atoms with Gasteiger partial charge < -0.3 is 27.0 Å². The number of fused-ring (bicyclic) bond motifs is 1. The molecule has 0 bridgehead atoms. The molecule has 0 aliphatic rings. The normalized spacial score (nSPS) is 10.9. The summed E-state index contributed by atoms with van der Waals surface area (Å²) in [5.41, 5.74) is 0. The van der Waals surface area contributed by atoms with Crippen LogP contribution in [-0.2, 0) is 11.3 Å². The van der Waals surface area contributed by atoms with Crippen LogP contribution in [0.5, 0.6) is 0 Å². The van der Waals surface area contributed by atoms with E-state index in [1.807, 2.05) is 17.8 Å². The number of carboxylic acid groups (broad SMARTS) is 1. The van der Waals surface area contributed by atoms with E-state index in [-0.39, 0.29) is 18.8 Å². The molecule has 0 aliphatic heterocycles. The van der Waals surface area contributed by atoms with Crippen molar-refractivity contribution in [3.05, 3.63) is 30.5 Å². The van der Waals surface area contributed by atoms with Gasteiger partial charge in [0, 0.05) is 35.7 Å². The van der Waals surface area contributed by atoms with E-state index in [0.29, 0.717) is 6.42 Å². The van der Waals surface area contributed by atoms with Gasteiger partial charge in [-0.2, -0.15) is 0 Å². The van der Waals surface area contributed by atoms with Gasteiger partial charge >= 0.3 is 5.97 Å². The van der Waals surface area contributed by atoms with Crippen LogP contribution in [-0.4, -0.2) is 42.0 Å². The molecule has 2 rings (SSSR count). The number of rotatable bonds is 8. The monoisotopic (exact) mass is 342 g/mol. The molecule has 1 aromatic heterocycles. The van der Waals surface area contributed by atoms with Gasteiger partial charge in [-0.05, 0) is 6.42 Å². The number of thioether (sulfide) groups is 1. The molecular weight excluding hydrogens is 320 g/mol. The Labute approximate surface area is 141 Å². The fourth-order valence-electron chi connectivity index (χ4n) is 2.26. The maximum absolute atomic E-state index is 10.7. The van der Waals surface area contributed by atoms with E-state index in [1.54, 1.807) is 0 Å². The smallest absolute Gasteiger partial charge is 0.303 e. The number of hydrogen-bond acceptors (Lipinski definition) is 2. The first-order valence-electron chi connectivity index (χ1n) is 7.29. The van der Waals surface area contributed by atoms with Gasteiger partial charge in [0.1, 0.15) is 0 Å². The van der Waals surface area contributed by atoms with Crippen molar-refractivity contribution in [2.75, 3.05) is 26.4 Å². The predicted octanol–water partition coefficient (Wildman–Crippen LogP) is -1.25. The lowest BCUT2D eigenvalue weighted by molar-refractivity contribution is -0.855. The molecule has 2 aromatic rings. The van der Waals surface area contributed by atoms with Crippen molar-refractivity contribution in [1.82, 2.24) is 4.57 Å². The molecule has 122 valence electrons. The molecule has 6 heteroatoms. The highest BCUT2D eigenvalue weighted by atomic mass is 35.5. The van der Waals surface area contributed by atoms with Gasteiger partial charge in [-0.3, -0.25) is 4.79 Å². The second-order valence-corrected chi connectivity index (χ2v) is 6.60. The van der Waals surface area contributed by atoms with Gasteiger partial charge in [0.25, 0.3) is 0 Å². The van der Waals surface area contributed by atoms with Crippen molar-refractivity contribution in [2.24, 2.45) is 0 Å². The maximum atomic E-state index is 10.7. The fraction of sp³-hybridized carbons (Fsp3) is 0.438. The minimum absolute atomic E-state index is 0. The van der Waals surface area contributed by atoms with Crippen molar-refractivity contribution in [1.29, 1.82) is 0 Å². The zero-order valence-electron chi connectivity index (χ0n) is 13.0. The molecule has 0 saturated heterocycles. The van der Waals surface area contributed by atoms with Gasteiger partial charge in [-0.15, -0.1) is 11.8 Å². The third-order valence-corrected chi connectivity index (χ3v) is 4.51. The molecular formula is C16H23ClN2O2S. The molecule has 0 saturated carbocycles. The van der Waals surface area contributed by atoms with E-state index in [9.17, 15) is 4.79 Å². The molecule has 0 aliphatic carbocycles. The summed E-state index contributed by atoms with van der Waals surface area (Å²) in [4.78, 5) is 12.1. The van der Waals surface area contributed by atoms with Gasteiger partial charge in [0.15, 0.2) is 0 Å². The average molecular weight is 343 g/mol. The van der Waals surface area contributed by atoms with Crippen LogP contribution in [0.15, 0.2) is 35.5 Å². The Morgan fingerprint density at radius 1 is 1.32 bits per heavy atom. The molecule has 1 heterocycles. The minimum atomic E-state index is -0.725. The second kappa shape index (κ2) is 9.08.